The van der Waals surface area contributed by atoms with Crippen molar-refractivity contribution in [2.75, 3.05) is 12.4 Å². The minimum Gasteiger partial charge on any atom is -0.481 e. The number of imidazole rings is 1. The van der Waals surface area contributed by atoms with Crippen LogP contribution >= 0.6 is 11.8 Å². The summed E-state index contributed by atoms with van der Waals surface area (Å²) in [5.41, 5.74) is 0.681. The van der Waals surface area contributed by atoms with Crippen LogP contribution in [0.4, 0.5) is 0 Å². The van der Waals surface area contributed by atoms with Gasteiger partial charge in [-0.2, -0.15) is 0 Å². The highest BCUT2D eigenvalue weighted by Crippen LogP contribution is 2.27. The van der Waals surface area contributed by atoms with E-state index in [0.717, 1.165) is 17.5 Å². The predicted molar refractivity (Wildman–Crippen MR) is 75.9 cm³/mol. The van der Waals surface area contributed by atoms with Crippen LogP contribution in [0.25, 0.3) is 0 Å². The van der Waals surface area contributed by atoms with E-state index in [4.69, 9.17) is 9.84 Å². The zero-order valence-electron chi connectivity index (χ0n) is 12.2. The molecule has 0 unspecified atom stereocenters. The molecule has 0 fully saturated rings. The molecule has 6 nitrogen and oxygen atoms in total. The average Bonchev–Trinajstić information content (AvgIpc) is 2.69. The highest BCUT2D eigenvalue weighted by Gasteiger charge is 2.23. The van der Waals surface area contributed by atoms with Crippen molar-refractivity contribution in [1.29, 1.82) is 0 Å². The molecule has 20 heavy (non-hydrogen) atoms. The first-order valence-electron chi connectivity index (χ1n) is 6.32. The molecule has 0 aliphatic heterocycles. The summed E-state index contributed by atoms with van der Waals surface area (Å²) in [5, 5.41) is 9.27. The number of carbonyl (C=O) groups excluding carboxylic acids is 1. The van der Waals surface area contributed by atoms with Gasteiger partial charge in [0.25, 0.3) is 0 Å². The topological polar surface area (TPSA) is 81.4 Å². The van der Waals surface area contributed by atoms with E-state index < -0.39 is 5.97 Å². The molecule has 0 aliphatic rings. The number of carboxylic acid groups (broad SMARTS) is 1. The van der Waals surface area contributed by atoms with E-state index in [1.807, 2.05) is 20.8 Å². The Bertz CT molecular complexity index is 491. The van der Waals surface area contributed by atoms with E-state index in [1.165, 1.54) is 0 Å². The highest BCUT2D eigenvalue weighted by molar-refractivity contribution is 7.99. The van der Waals surface area contributed by atoms with Gasteiger partial charge in [-0.25, -0.2) is 4.98 Å². The first-order chi connectivity index (χ1) is 9.25. The molecule has 0 saturated carbocycles. The quantitative estimate of drug-likeness (QED) is 0.638. The van der Waals surface area contributed by atoms with Gasteiger partial charge < -0.3 is 14.4 Å². The minimum absolute atomic E-state index is 0.0440. The average molecular weight is 300 g/mol. The molecular formula is C13H20N2O4S. The Labute approximate surface area is 122 Å². The summed E-state index contributed by atoms with van der Waals surface area (Å²) in [7, 11) is 0. The maximum absolute atomic E-state index is 11.7. The summed E-state index contributed by atoms with van der Waals surface area (Å²) in [6.07, 6.45) is 1.68. The number of ether oxygens (including phenoxy) is 1. The van der Waals surface area contributed by atoms with Gasteiger partial charge in [0.2, 0.25) is 0 Å². The zero-order valence-corrected chi connectivity index (χ0v) is 13.0. The molecular weight excluding hydrogens is 280 g/mol. The molecule has 0 aromatic carbocycles. The summed E-state index contributed by atoms with van der Waals surface area (Å²) in [6, 6.07) is 0. The Kier molecular flexibility index (Phi) is 5.62. The molecule has 0 amide bonds. The lowest BCUT2D eigenvalue weighted by atomic mass is 9.92. The van der Waals surface area contributed by atoms with Crippen LogP contribution in [-0.4, -0.2) is 39.0 Å². The number of thioether (sulfide) groups is 1. The van der Waals surface area contributed by atoms with Crippen molar-refractivity contribution in [3.8, 4) is 0 Å². The first-order valence-corrected chi connectivity index (χ1v) is 7.30. The minimum atomic E-state index is -0.919. The SMILES string of the molecule is CCOC(=O)Cn1c(C(C)(C)C)cnc1SCC(=O)O. The second-order valence-corrected chi connectivity index (χ2v) is 6.19. The van der Waals surface area contributed by atoms with Crippen molar-refractivity contribution in [3.63, 3.8) is 0 Å². The third-order valence-electron chi connectivity index (χ3n) is 2.50. The number of carbonyl (C=O) groups is 2. The third kappa shape index (κ3) is 4.56. The molecule has 1 aromatic heterocycles. The third-order valence-corrected chi connectivity index (χ3v) is 3.48. The van der Waals surface area contributed by atoms with Gasteiger partial charge in [-0.3, -0.25) is 9.59 Å². The lowest BCUT2D eigenvalue weighted by Gasteiger charge is -2.21. The fraction of sp³-hybridized carbons (Fsp3) is 0.615. The molecule has 0 atom stereocenters. The summed E-state index contributed by atoms with van der Waals surface area (Å²) in [4.78, 5) is 26.6. The van der Waals surface area contributed by atoms with Crippen LogP contribution in [0.1, 0.15) is 33.4 Å². The molecule has 1 N–H and O–H groups in total. The molecule has 1 heterocycles. The Morgan fingerprint density at radius 3 is 2.60 bits per heavy atom. The molecule has 0 aliphatic carbocycles. The van der Waals surface area contributed by atoms with Crippen LogP contribution in [0.2, 0.25) is 0 Å². The molecule has 0 saturated heterocycles. The van der Waals surface area contributed by atoms with E-state index in [9.17, 15) is 9.59 Å². The van der Waals surface area contributed by atoms with Gasteiger partial charge in [-0.05, 0) is 6.92 Å². The van der Waals surface area contributed by atoms with E-state index in [-0.39, 0.29) is 23.7 Å². The maximum atomic E-state index is 11.7. The standard InChI is InChI=1S/C13H20N2O4S/c1-5-19-11(18)7-15-9(13(2,3)4)6-14-12(15)20-8-10(16)17/h6H,5,7-8H2,1-4H3,(H,16,17). The molecule has 112 valence electrons. The number of hydrogen-bond acceptors (Lipinski definition) is 5. The number of nitrogens with zero attached hydrogens (tertiary/aromatic N) is 2. The van der Waals surface area contributed by atoms with Gasteiger partial charge in [-0.15, -0.1) is 0 Å². The second kappa shape index (κ2) is 6.78. The van der Waals surface area contributed by atoms with Crippen LogP contribution < -0.4 is 0 Å². The van der Waals surface area contributed by atoms with E-state index in [2.05, 4.69) is 4.98 Å². The fourth-order valence-electron chi connectivity index (χ4n) is 1.69. The summed E-state index contributed by atoms with van der Waals surface area (Å²) < 4.78 is 6.68. The molecule has 1 rings (SSSR count). The van der Waals surface area contributed by atoms with Gasteiger partial charge in [0.15, 0.2) is 5.16 Å². The van der Waals surface area contributed by atoms with Gasteiger partial charge in [0.05, 0.1) is 12.4 Å². The smallest absolute Gasteiger partial charge is 0.326 e. The lowest BCUT2D eigenvalue weighted by Crippen LogP contribution is -2.22. The van der Waals surface area contributed by atoms with Crippen molar-refractivity contribution >= 4 is 23.7 Å². The Balaban J connectivity index is 3.03. The van der Waals surface area contributed by atoms with Crippen LogP contribution in [0.5, 0.6) is 0 Å². The normalized spacial score (nSPS) is 11.4. The van der Waals surface area contributed by atoms with Crippen molar-refractivity contribution in [3.05, 3.63) is 11.9 Å². The summed E-state index contributed by atoms with van der Waals surface area (Å²) in [6.45, 7) is 8.14. The van der Waals surface area contributed by atoms with E-state index >= 15 is 0 Å². The molecule has 7 heteroatoms. The Hall–Kier alpha value is -1.50. The molecule has 0 radical (unpaired) electrons. The van der Waals surface area contributed by atoms with Crippen molar-refractivity contribution in [1.82, 2.24) is 9.55 Å². The van der Waals surface area contributed by atoms with Crippen molar-refractivity contribution in [2.45, 2.75) is 44.8 Å². The number of aliphatic carboxylic acids is 1. The van der Waals surface area contributed by atoms with Gasteiger partial charge >= 0.3 is 11.9 Å². The molecule has 0 spiro atoms. The summed E-state index contributed by atoms with van der Waals surface area (Å²) >= 11 is 1.10. The molecule has 0 bridgehead atoms. The van der Waals surface area contributed by atoms with Gasteiger partial charge in [0.1, 0.15) is 6.54 Å². The van der Waals surface area contributed by atoms with Crippen molar-refractivity contribution in [2.24, 2.45) is 0 Å². The number of carboxylic acids is 1. The summed E-state index contributed by atoms with van der Waals surface area (Å²) in [5.74, 6) is -1.37. The number of esters is 1. The zero-order chi connectivity index (χ0) is 15.3. The van der Waals surface area contributed by atoms with Crippen LogP contribution in [0.15, 0.2) is 11.4 Å². The second-order valence-electron chi connectivity index (χ2n) is 5.25. The van der Waals surface area contributed by atoms with E-state index in [0.29, 0.717) is 11.8 Å². The molecule has 1 aromatic rings. The Morgan fingerprint density at radius 1 is 1.45 bits per heavy atom. The lowest BCUT2D eigenvalue weighted by molar-refractivity contribution is -0.144. The first kappa shape index (κ1) is 16.6. The van der Waals surface area contributed by atoms with E-state index in [1.54, 1.807) is 17.7 Å². The highest BCUT2D eigenvalue weighted by atomic mass is 32.2. The van der Waals surface area contributed by atoms with Crippen molar-refractivity contribution < 1.29 is 19.4 Å². The number of aromatic nitrogens is 2. The largest absolute Gasteiger partial charge is 0.481 e. The van der Waals surface area contributed by atoms with Crippen LogP contribution in [-0.2, 0) is 26.3 Å². The van der Waals surface area contributed by atoms with Crippen LogP contribution in [0.3, 0.4) is 0 Å². The van der Waals surface area contributed by atoms with Crippen LogP contribution in [0, 0.1) is 0 Å². The van der Waals surface area contributed by atoms with Gasteiger partial charge in [-0.1, -0.05) is 32.5 Å². The monoisotopic (exact) mass is 300 g/mol. The van der Waals surface area contributed by atoms with Gasteiger partial charge in [0, 0.05) is 17.3 Å². The predicted octanol–water partition coefficient (Wildman–Crippen LogP) is 1.92. The number of rotatable bonds is 6. The number of hydrogen-bond donors (Lipinski definition) is 1. The fourth-order valence-corrected chi connectivity index (χ4v) is 2.39. The Morgan fingerprint density at radius 2 is 2.10 bits per heavy atom. The maximum Gasteiger partial charge on any atom is 0.326 e.